The molecular weight excluding hydrogens is 294 g/mol. The normalized spacial score (nSPS) is 15.7. The summed E-state index contributed by atoms with van der Waals surface area (Å²) in [5, 5.41) is 0. The minimum Gasteiger partial charge on any atom is -0.330 e. The van der Waals surface area contributed by atoms with E-state index in [2.05, 4.69) is 63.8 Å². The Labute approximate surface area is 149 Å². The first-order chi connectivity index (χ1) is 11.3. The van der Waals surface area contributed by atoms with Crippen molar-refractivity contribution in [2.24, 2.45) is 16.9 Å². The molecule has 1 aromatic rings. The predicted octanol–water partition coefficient (Wildman–Crippen LogP) is 4.25. The molecule has 0 saturated carbocycles. The van der Waals surface area contributed by atoms with Crippen LogP contribution in [-0.4, -0.2) is 30.6 Å². The van der Waals surface area contributed by atoms with Crippen LogP contribution in [0.2, 0.25) is 0 Å². The van der Waals surface area contributed by atoms with Gasteiger partial charge >= 0.3 is 0 Å². The molecule has 0 fully saturated rings. The van der Waals surface area contributed by atoms with E-state index in [1.54, 1.807) is 0 Å². The topological polar surface area (TPSA) is 55.3 Å². The van der Waals surface area contributed by atoms with E-state index >= 15 is 0 Å². The van der Waals surface area contributed by atoms with Gasteiger partial charge in [0.15, 0.2) is 0 Å². The van der Waals surface area contributed by atoms with E-state index in [0.29, 0.717) is 11.5 Å². The van der Waals surface area contributed by atoms with Gasteiger partial charge in [-0.3, -0.25) is 4.90 Å². The third kappa shape index (κ3) is 6.54. The Balaban J connectivity index is 2.60. The molecule has 0 amide bonds. The number of hydrogen-bond acceptors (Lipinski definition) is 3. The van der Waals surface area contributed by atoms with Gasteiger partial charge in [-0.1, -0.05) is 44.5 Å². The summed E-state index contributed by atoms with van der Waals surface area (Å²) in [5.74, 6) is 0. The highest BCUT2D eigenvalue weighted by Crippen LogP contribution is 2.31. The van der Waals surface area contributed by atoms with Gasteiger partial charge in [0.25, 0.3) is 0 Å². The zero-order valence-corrected chi connectivity index (χ0v) is 16.5. The van der Waals surface area contributed by atoms with Gasteiger partial charge in [-0.05, 0) is 69.7 Å². The third-order valence-electron chi connectivity index (χ3n) is 5.58. The van der Waals surface area contributed by atoms with Crippen LogP contribution < -0.4 is 11.5 Å². The van der Waals surface area contributed by atoms with Gasteiger partial charge in [-0.15, -0.1) is 0 Å². The summed E-state index contributed by atoms with van der Waals surface area (Å²) in [6.45, 7) is 14.2. The van der Waals surface area contributed by atoms with E-state index in [4.69, 9.17) is 11.5 Å². The van der Waals surface area contributed by atoms with Crippen LogP contribution in [0.4, 0.5) is 0 Å². The van der Waals surface area contributed by atoms with Crippen LogP contribution in [0.5, 0.6) is 0 Å². The van der Waals surface area contributed by atoms with Crippen molar-refractivity contribution in [2.75, 3.05) is 19.6 Å². The number of nitrogens with two attached hydrogens (primary N) is 2. The van der Waals surface area contributed by atoms with Gasteiger partial charge in [0.1, 0.15) is 0 Å². The van der Waals surface area contributed by atoms with Crippen LogP contribution >= 0.6 is 0 Å². The lowest BCUT2D eigenvalue weighted by Gasteiger charge is -2.32. The van der Waals surface area contributed by atoms with Crippen LogP contribution in [0.3, 0.4) is 0 Å². The van der Waals surface area contributed by atoms with E-state index in [9.17, 15) is 0 Å². The maximum Gasteiger partial charge on any atom is 0.0427 e. The number of hydrogen-bond donors (Lipinski definition) is 2. The molecule has 24 heavy (non-hydrogen) atoms. The molecule has 0 saturated heterocycles. The molecule has 0 aliphatic carbocycles. The molecule has 0 heterocycles. The molecule has 0 radical (unpaired) electrons. The second-order valence-corrected chi connectivity index (χ2v) is 7.86. The lowest BCUT2D eigenvalue weighted by Crippen LogP contribution is -2.38. The number of nitrogens with zero attached hydrogens (tertiary/aromatic N) is 1. The summed E-state index contributed by atoms with van der Waals surface area (Å²) >= 11 is 0. The Hall–Kier alpha value is -0.900. The zero-order chi connectivity index (χ0) is 18.2. The fraction of sp³-hybridized carbons (Fsp3) is 0.714. The van der Waals surface area contributed by atoms with Gasteiger partial charge < -0.3 is 11.5 Å². The fourth-order valence-corrected chi connectivity index (χ4v) is 3.45. The van der Waals surface area contributed by atoms with E-state index in [0.717, 1.165) is 26.1 Å². The quantitative estimate of drug-likeness (QED) is 0.636. The summed E-state index contributed by atoms with van der Waals surface area (Å²) in [6, 6.07) is 9.07. The van der Waals surface area contributed by atoms with Crippen LogP contribution in [0.15, 0.2) is 24.3 Å². The first kappa shape index (κ1) is 21.1. The van der Waals surface area contributed by atoms with Crippen LogP contribution in [-0.2, 0) is 0 Å². The van der Waals surface area contributed by atoms with Gasteiger partial charge in [0.2, 0.25) is 0 Å². The second kappa shape index (κ2) is 10.2. The van der Waals surface area contributed by atoms with Crippen molar-refractivity contribution in [1.82, 2.24) is 4.90 Å². The van der Waals surface area contributed by atoms with Crippen LogP contribution in [0.25, 0.3) is 0 Å². The van der Waals surface area contributed by atoms with Crippen molar-refractivity contribution >= 4 is 0 Å². The summed E-state index contributed by atoms with van der Waals surface area (Å²) in [5.41, 5.74) is 15.2. The van der Waals surface area contributed by atoms with Gasteiger partial charge in [-0.2, -0.15) is 0 Å². The van der Waals surface area contributed by atoms with E-state index in [1.807, 2.05) is 0 Å². The molecule has 0 aliphatic rings. The first-order valence-corrected chi connectivity index (χ1v) is 9.58. The van der Waals surface area contributed by atoms with Crippen molar-refractivity contribution in [2.45, 2.75) is 72.4 Å². The molecule has 0 aromatic heterocycles. The molecule has 3 heteroatoms. The average Bonchev–Trinajstić information content (AvgIpc) is 2.54. The minimum absolute atomic E-state index is 0.0789. The minimum atomic E-state index is 0.0789. The molecule has 2 unspecified atom stereocenters. The Kier molecular flexibility index (Phi) is 8.96. The molecule has 0 spiro atoms. The first-order valence-electron chi connectivity index (χ1n) is 9.58. The number of benzene rings is 1. The Morgan fingerprint density at radius 2 is 1.83 bits per heavy atom. The second-order valence-electron chi connectivity index (χ2n) is 7.86. The summed E-state index contributed by atoms with van der Waals surface area (Å²) in [4.78, 5) is 2.52. The summed E-state index contributed by atoms with van der Waals surface area (Å²) < 4.78 is 0. The van der Waals surface area contributed by atoms with Crippen molar-refractivity contribution in [3.8, 4) is 0 Å². The Morgan fingerprint density at radius 3 is 2.38 bits per heavy atom. The van der Waals surface area contributed by atoms with Gasteiger partial charge in [-0.25, -0.2) is 0 Å². The van der Waals surface area contributed by atoms with E-state index in [-0.39, 0.29) is 6.04 Å². The maximum atomic E-state index is 6.51. The summed E-state index contributed by atoms with van der Waals surface area (Å²) in [7, 11) is 0. The zero-order valence-electron chi connectivity index (χ0n) is 16.5. The monoisotopic (exact) mass is 333 g/mol. The molecule has 0 bridgehead atoms. The van der Waals surface area contributed by atoms with E-state index < -0.39 is 0 Å². The summed E-state index contributed by atoms with van der Waals surface area (Å²) in [6.07, 6.45) is 4.77. The third-order valence-corrected chi connectivity index (χ3v) is 5.58. The molecule has 4 N–H and O–H groups in total. The highest BCUT2D eigenvalue weighted by molar-refractivity contribution is 5.28. The Bertz CT molecular complexity index is 472. The maximum absolute atomic E-state index is 6.51. The van der Waals surface area contributed by atoms with E-state index in [1.165, 1.54) is 30.4 Å². The molecule has 138 valence electrons. The Morgan fingerprint density at radius 1 is 1.17 bits per heavy atom. The van der Waals surface area contributed by atoms with Crippen molar-refractivity contribution in [3.05, 3.63) is 35.4 Å². The van der Waals surface area contributed by atoms with Crippen LogP contribution in [0, 0.1) is 12.3 Å². The average molecular weight is 334 g/mol. The number of rotatable bonds is 11. The van der Waals surface area contributed by atoms with Crippen LogP contribution in [0.1, 0.15) is 70.5 Å². The molecular formula is C21H39N3. The number of aryl methyl sites for hydroxylation is 1. The molecule has 1 aromatic carbocycles. The lowest BCUT2D eigenvalue weighted by atomic mass is 9.79. The molecule has 1 rings (SSSR count). The SMILES string of the molecule is CCC(C)(CCN)CCCN(CC(N)c1ccccc1C)C(C)C. The van der Waals surface area contributed by atoms with Crippen molar-refractivity contribution in [1.29, 1.82) is 0 Å². The molecule has 2 atom stereocenters. The molecule has 0 aliphatic heterocycles. The lowest BCUT2D eigenvalue weighted by molar-refractivity contribution is 0.181. The highest BCUT2D eigenvalue weighted by atomic mass is 15.2. The highest BCUT2D eigenvalue weighted by Gasteiger charge is 2.22. The standard InChI is InChI=1S/C21H39N3/c1-6-21(5,13-14-22)12-9-15-24(17(2)3)16-20(23)19-11-8-7-10-18(19)4/h7-8,10-11,17,20H,6,9,12-16,22-23H2,1-5H3. The largest absolute Gasteiger partial charge is 0.330 e. The van der Waals surface area contributed by atoms with Gasteiger partial charge in [0.05, 0.1) is 0 Å². The predicted molar refractivity (Wildman–Crippen MR) is 106 cm³/mol. The van der Waals surface area contributed by atoms with Crippen molar-refractivity contribution in [3.63, 3.8) is 0 Å². The smallest absolute Gasteiger partial charge is 0.0427 e. The van der Waals surface area contributed by atoms with Gasteiger partial charge in [0, 0.05) is 18.6 Å². The fourth-order valence-electron chi connectivity index (χ4n) is 3.45. The van der Waals surface area contributed by atoms with Crippen molar-refractivity contribution < 1.29 is 0 Å². The molecule has 3 nitrogen and oxygen atoms in total.